The summed E-state index contributed by atoms with van der Waals surface area (Å²) >= 11 is 0. The quantitative estimate of drug-likeness (QED) is 0.686. The molecule has 0 saturated carbocycles. The highest BCUT2D eigenvalue weighted by Gasteiger charge is 2.25. The molecule has 3 aromatic rings. The first-order valence-electron chi connectivity index (χ1n) is 8.96. The van der Waals surface area contributed by atoms with Crippen molar-refractivity contribution in [3.8, 4) is 5.69 Å². The van der Waals surface area contributed by atoms with E-state index in [1.54, 1.807) is 30.3 Å². The van der Waals surface area contributed by atoms with E-state index >= 15 is 0 Å². The monoisotopic (exact) mass is 378 g/mol. The third-order valence-electron chi connectivity index (χ3n) is 4.35. The van der Waals surface area contributed by atoms with Gasteiger partial charge in [-0.3, -0.25) is 9.59 Å². The highest BCUT2D eigenvalue weighted by molar-refractivity contribution is 6.02. The van der Waals surface area contributed by atoms with E-state index in [4.69, 9.17) is 0 Å². The summed E-state index contributed by atoms with van der Waals surface area (Å²) in [6.45, 7) is 5.64. The lowest BCUT2D eigenvalue weighted by molar-refractivity contribution is -0.118. The number of nitrogens with one attached hydrogen (secondary N) is 2. The van der Waals surface area contributed by atoms with Gasteiger partial charge in [-0.15, -0.1) is 5.10 Å². The first-order chi connectivity index (χ1) is 13.5. The van der Waals surface area contributed by atoms with Crippen molar-refractivity contribution in [2.75, 3.05) is 5.32 Å². The fraction of sp³-hybridized carbons (Fsp3) is 0.250. The van der Waals surface area contributed by atoms with Gasteiger partial charge in [0.2, 0.25) is 5.91 Å². The van der Waals surface area contributed by atoms with E-state index in [1.165, 1.54) is 11.0 Å². The molecule has 1 unspecified atom stereocenters. The Bertz CT molecular complexity index is 968. The molecule has 144 valence electrons. The van der Waals surface area contributed by atoms with Crippen LogP contribution in [0.25, 0.3) is 5.69 Å². The van der Waals surface area contributed by atoms with Crippen LogP contribution in [-0.2, 0) is 4.79 Å². The molecule has 0 aliphatic carbocycles. The molecule has 0 aliphatic rings. The van der Waals surface area contributed by atoms with Crippen LogP contribution in [-0.4, -0.2) is 38.1 Å². The van der Waals surface area contributed by atoms with Gasteiger partial charge in [0.05, 0.1) is 5.69 Å². The van der Waals surface area contributed by atoms with Crippen LogP contribution in [0.15, 0.2) is 54.9 Å². The number of amides is 2. The van der Waals surface area contributed by atoms with Gasteiger partial charge in [-0.05, 0) is 53.1 Å². The number of carbonyl (C=O) groups is 2. The topological polar surface area (TPSA) is 102 Å². The van der Waals surface area contributed by atoms with Gasteiger partial charge in [-0.2, -0.15) is 0 Å². The molecule has 1 heterocycles. The molecule has 0 spiro atoms. The normalized spacial score (nSPS) is 11.9. The van der Waals surface area contributed by atoms with E-state index in [9.17, 15) is 9.59 Å². The number of hydrogen-bond acceptors (Lipinski definition) is 5. The summed E-state index contributed by atoms with van der Waals surface area (Å²) in [6, 6.07) is 13.8. The summed E-state index contributed by atoms with van der Waals surface area (Å²) < 4.78 is 1.50. The number of rotatable bonds is 6. The van der Waals surface area contributed by atoms with Gasteiger partial charge in [0.1, 0.15) is 12.4 Å². The number of carbonyl (C=O) groups excluding carboxylic acids is 2. The number of aromatic nitrogens is 4. The number of benzene rings is 2. The summed E-state index contributed by atoms with van der Waals surface area (Å²) in [4.78, 5) is 25.5. The second kappa shape index (κ2) is 8.43. The minimum absolute atomic E-state index is 0.0873. The highest BCUT2D eigenvalue weighted by Crippen LogP contribution is 2.15. The third kappa shape index (κ3) is 4.40. The van der Waals surface area contributed by atoms with Crippen molar-refractivity contribution in [1.29, 1.82) is 0 Å². The second-order valence-corrected chi connectivity index (χ2v) is 6.80. The van der Waals surface area contributed by atoms with Gasteiger partial charge in [0, 0.05) is 11.3 Å². The van der Waals surface area contributed by atoms with Gasteiger partial charge >= 0.3 is 0 Å². The number of anilines is 1. The number of nitrogens with zero attached hydrogens (tertiary/aromatic N) is 4. The molecule has 1 aromatic heterocycles. The summed E-state index contributed by atoms with van der Waals surface area (Å²) in [7, 11) is 0. The van der Waals surface area contributed by atoms with E-state index in [0.717, 1.165) is 5.56 Å². The van der Waals surface area contributed by atoms with Crippen molar-refractivity contribution in [3.63, 3.8) is 0 Å². The fourth-order valence-electron chi connectivity index (χ4n) is 2.81. The molecule has 0 fully saturated rings. The molecular weight excluding hydrogens is 356 g/mol. The highest BCUT2D eigenvalue weighted by atomic mass is 16.2. The molecule has 0 bridgehead atoms. The lowest BCUT2D eigenvalue weighted by Gasteiger charge is -2.22. The molecule has 0 aliphatic heterocycles. The first-order valence-corrected chi connectivity index (χ1v) is 8.96. The van der Waals surface area contributed by atoms with Gasteiger partial charge < -0.3 is 10.6 Å². The SMILES string of the molecule is Cc1ccccc1C(=O)NC(C(=O)Nc1cccc(-n2cnnn2)c1)C(C)C. The number of tetrazole rings is 1. The minimum Gasteiger partial charge on any atom is -0.340 e. The standard InChI is InChI=1S/C20H22N6O2/c1-13(2)18(23-19(27)17-10-5-4-7-14(17)3)20(28)22-15-8-6-9-16(11-15)26-12-21-24-25-26/h4-13,18H,1-3H3,(H,22,28)(H,23,27). The summed E-state index contributed by atoms with van der Waals surface area (Å²) in [5.41, 5.74) is 2.72. The molecule has 3 rings (SSSR count). The largest absolute Gasteiger partial charge is 0.340 e. The second-order valence-electron chi connectivity index (χ2n) is 6.80. The summed E-state index contributed by atoms with van der Waals surface area (Å²) in [5.74, 6) is -0.643. The van der Waals surface area contributed by atoms with Crippen LogP contribution in [0.4, 0.5) is 5.69 Å². The molecule has 0 radical (unpaired) electrons. The summed E-state index contributed by atoms with van der Waals surface area (Å²) in [6.07, 6.45) is 1.47. The third-order valence-corrected chi connectivity index (χ3v) is 4.35. The molecule has 8 nitrogen and oxygen atoms in total. The van der Waals surface area contributed by atoms with Gasteiger partial charge in [0.15, 0.2) is 0 Å². The van der Waals surface area contributed by atoms with Crippen molar-refractivity contribution in [2.45, 2.75) is 26.8 Å². The zero-order valence-electron chi connectivity index (χ0n) is 16.0. The predicted octanol–water partition coefficient (Wildman–Crippen LogP) is 2.36. The van der Waals surface area contributed by atoms with Crippen LogP contribution in [0, 0.1) is 12.8 Å². The maximum absolute atomic E-state index is 12.8. The Kier molecular flexibility index (Phi) is 5.78. The van der Waals surface area contributed by atoms with Crippen LogP contribution in [0.5, 0.6) is 0 Å². The zero-order chi connectivity index (χ0) is 20.1. The minimum atomic E-state index is -0.677. The first kappa shape index (κ1) is 19.2. The Morgan fingerprint density at radius 2 is 1.86 bits per heavy atom. The Labute approximate surface area is 163 Å². The van der Waals surface area contributed by atoms with E-state index in [2.05, 4.69) is 26.2 Å². The van der Waals surface area contributed by atoms with Crippen LogP contribution < -0.4 is 10.6 Å². The van der Waals surface area contributed by atoms with Gasteiger partial charge in [0.25, 0.3) is 5.91 Å². The molecule has 28 heavy (non-hydrogen) atoms. The molecule has 2 amide bonds. The number of aryl methyl sites for hydroxylation is 1. The molecule has 1 atom stereocenters. The van der Waals surface area contributed by atoms with E-state index in [1.807, 2.05) is 39.0 Å². The predicted molar refractivity (Wildman–Crippen MR) is 105 cm³/mol. The van der Waals surface area contributed by atoms with E-state index < -0.39 is 6.04 Å². The van der Waals surface area contributed by atoms with Gasteiger partial charge in [-0.1, -0.05) is 38.1 Å². The zero-order valence-corrected chi connectivity index (χ0v) is 16.0. The van der Waals surface area contributed by atoms with E-state index in [-0.39, 0.29) is 17.7 Å². The maximum Gasteiger partial charge on any atom is 0.252 e. The smallest absolute Gasteiger partial charge is 0.252 e. The molecule has 0 saturated heterocycles. The maximum atomic E-state index is 12.8. The Balaban J connectivity index is 1.74. The van der Waals surface area contributed by atoms with Crippen molar-refractivity contribution in [2.24, 2.45) is 5.92 Å². The average Bonchev–Trinajstić information content (AvgIpc) is 3.21. The lowest BCUT2D eigenvalue weighted by Crippen LogP contribution is -2.47. The average molecular weight is 378 g/mol. The molecule has 2 N–H and O–H groups in total. The van der Waals surface area contributed by atoms with Crippen LogP contribution in [0.1, 0.15) is 29.8 Å². The van der Waals surface area contributed by atoms with Crippen LogP contribution in [0.2, 0.25) is 0 Å². The Morgan fingerprint density at radius 1 is 1.07 bits per heavy atom. The number of hydrogen-bond donors (Lipinski definition) is 2. The van der Waals surface area contributed by atoms with Crippen molar-refractivity contribution in [3.05, 3.63) is 66.0 Å². The van der Waals surface area contributed by atoms with Crippen molar-refractivity contribution >= 4 is 17.5 Å². The summed E-state index contributed by atoms with van der Waals surface area (Å²) in [5, 5.41) is 16.8. The fourth-order valence-corrected chi connectivity index (χ4v) is 2.81. The molecular formula is C20H22N6O2. The van der Waals surface area contributed by atoms with Crippen LogP contribution in [0.3, 0.4) is 0 Å². The lowest BCUT2D eigenvalue weighted by atomic mass is 10.0. The van der Waals surface area contributed by atoms with E-state index in [0.29, 0.717) is 16.9 Å². The molecule has 2 aromatic carbocycles. The molecule has 8 heteroatoms. The Hall–Kier alpha value is -3.55. The van der Waals surface area contributed by atoms with Crippen molar-refractivity contribution in [1.82, 2.24) is 25.5 Å². The van der Waals surface area contributed by atoms with Gasteiger partial charge in [-0.25, -0.2) is 4.68 Å². The Morgan fingerprint density at radius 3 is 2.54 bits per heavy atom. The van der Waals surface area contributed by atoms with Crippen LogP contribution >= 0.6 is 0 Å². The van der Waals surface area contributed by atoms with Crippen molar-refractivity contribution < 1.29 is 9.59 Å².